The van der Waals surface area contributed by atoms with E-state index in [-0.39, 0.29) is 11.9 Å². The van der Waals surface area contributed by atoms with Crippen LogP contribution < -0.4 is 15.2 Å². The molecule has 1 fully saturated rings. The van der Waals surface area contributed by atoms with Crippen molar-refractivity contribution in [2.45, 2.75) is 57.9 Å². The largest absolute Gasteiger partial charge is 0.493 e. The van der Waals surface area contributed by atoms with Gasteiger partial charge in [-0.25, -0.2) is 0 Å². The van der Waals surface area contributed by atoms with E-state index >= 15 is 0 Å². The summed E-state index contributed by atoms with van der Waals surface area (Å²) in [5.74, 6) is 2.44. The number of ether oxygens (including phenoxy) is 2. The number of likely N-dealkylation sites (tertiary alicyclic amines) is 1. The van der Waals surface area contributed by atoms with Crippen molar-refractivity contribution in [1.82, 2.24) is 9.88 Å². The van der Waals surface area contributed by atoms with Gasteiger partial charge in [-0.15, -0.1) is 0 Å². The van der Waals surface area contributed by atoms with Crippen molar-refractivity contribution in [2.75, 3.05) is 27.3 Å². The Kier molecular flexibility index (Phi) is 7.17. The van der Waals surface area contributed by atoms with E-state index in [2.05, 4.69) is 43.1 Å². The third-order valence-electron chi connectivity index (χ3n) is 6.93. The fourth-order valence-electron chi connectivity index (χ4n) is 5.17. The predicted octanol–water partition coefficient (Wildman–Crippen LogP) is 5.42. The molecule has 1 amide bonds. The number of aromatic amines is 1. The Bertz CT molecular complexity index is 1160. The van der Waals surface area contributed by atoms with Crippen molar-refractivity contribution in [3.05, 3.63) is 47.5 Å². The minimum Gasteiger partial charge on any atom is -0.493 e. The van der Waals surface area contributed by atoms with E-state index in [9.17, 15) is 4.79 Å². The van der Waals surface area contributed by atoms with Gasteiger partial charge in [0.15, 0.2) is 11.5 Å². The van der Waals surface area contributed by atoms with Gasteiger partial charge in [-0.2, -0.15) is 0 Å². The summed E-state index contributed by atoms with van der Waals surface area (Å²) in [6.07, 6.45) is 2.40. The highest BCUT2D eigenvalue weighted by atomic mass is 16.5. The summed E-state index contributed by atoms with van der Waals surface area (Å²) in [6.45, 7) is 7.97. The highest BCUT2D eigenvalue weighted by Gasteiger charge is 2.25. The van der Waals surface area contributed by atoms with Crippen LogP contribution in [0.15, 0.2) is 36.4 Å². The normalized spacial score (nSPS) is 15.7. The van der Waals surface area contributed by atoms with E-state index in [1.54, 1.807) is 14.2 Å². The quantitative estimate of drug-likeness (QED) is 0.490. The molecule has 1 saturated heterocycles. The summed E-state index contributed by atoms with van der Waals surface area (Å²) in [5.41, 5.74) is 11.8. The van der Waals surface area contributed by atoms with E-state index in [0.29, 0.717) is 18.3 Å². The van der Waals surface area contributed by atoms with Gasteiger partial charge >= 0.3 is 0 Å². The highest BCUT2D eigenvalue weighted by Crippen LogP contribution is 2.40. The molecule has 0 aliphatic carbocycles. The Morgan fingerprint density at radius 1 is 1.06 bits per heavy atom. The van der Waals surface area contributed by atoms with Crippen LogP contribution in [-0.2, 0) is 4.79 Å². The monoisotopic (exact) mass is 463 g/mol. The summed E-state index contributed by atoms with van der Waals surface area (Å²) < 4.78 is 11.0. The second-order valence-electron chi connectivity index (χ2n) is 9.78. The number of amides is 1. The molecule has 182 valence electrons. The molecule has 0 saturated carbocycles. The van der Waals surface area contributed by atoms with Gasteiger partial charge in [0.1, 0.15) is 0 Å². The number of methoxy groups -OCH3 is 2. The van der Waals surface area contributed by atoms with Crippen molar-refractivity contribution in [3.63, 3.8) is 0 Å². The SMILES string of the molecule is COc1ccc(-c2[nH]c3ccc(C4CCN(C(=O)C[C@H](C)N)CC4)cc3c2C(C)C)cc1OC. The minimum absolute atomic E-state index is 0.0875. The molecule has 0 bridgehead atoms. The Morgan fingerprint density at radius 3 is 2.38 bits per heavy atom. The van der Waals surface area contributed by atoms with Crippen LogP contribution in [-0.4, -0.2) is 49.1 Å². The van der Waals surface area contributed by atoms with Crippen LogP contribution in [0.1, 0.15) is 63.0 Å². The molecule has 1 atom stereocenters. The molecule has 3 N–H and O–H groups in total. The molecule has 6 nitrogen and oxygen atoms in total. The average Bonchev–Trinajstić information content (AvgIpc) is 3.22. The van der Waals surface area contributed by atoms with E-state index in [1.807, 2.05) is 24.0 Å². The summed E-state index contributed by atoms with van der Waals surface area (Å²) in [4.78, 5) is 18.0. The first-order valence-corrected chi connectivity index (χ1v) is 12.2. The van der Waals surface area contributed by atoms with Gasteiger partial charge in [-0.1, -0.05) is 19.9 Å². The Hall–Kier alpha value is -2.99. The summed E-state index contributed by atoms with van der Waals surface area (Å²) in [6, 6.07) is 12.8. The highest BCUT2D eigenvalue weighted by molar-refractivity contribution is 5.92. The maximum absolute atomic E-state index is 12.4. The summed E-state index contributed by atoms with van der Waals surface area (Å²) in [5, 5.41) is 1.27. The number of aromatic nitrogens is 1. The number of rotatable bonds is 7. The third-order valence-corrected chi connectivity index (χ3v) is 6.93. The molecule has 0 spiro atoms. The number of carbonyl (C=O) groups is 1. The van der Waals surface area contributed by atoms with Crippen molar-refractivity contribution >= 4 is 16.8 Å². The standard InChI is InChI=1S/C28H37N3O3/c1-17(2)27-22-15-20(19-10-12-31(13-11-19)26(32)14-18(3)29)6-8-23(22)30-28(27)21-7-9-24(33-4)25(16-21)34-5/h6-9,15-19,30H,10-14,29H2,1-5H3/t18-/m0/s1. The van der Waals surface area contributed by atoms with E-state index < -0.39 is 0 Å². The zero-order valence-corrected chi connectivity index (χ0v) is 21.0. The van der Waals surface area contributed by atoms with E-state index in [4.69, 9.17) is 15.2 Å². The van der Waals surface area contributed by atoms with Gasteiger partial charge in [0.2, 0.25) is 5.91 Å². The van der Waals surface area contributed by atoms with Crippen molar-refractivity contribution in [3.8, 4) is 22.8 Å². The lowest BCUT2D eigenvalue weighted by molar-refractivity contribution is -0.132. The number of nitrogens with two attached hydrogens (primary N) is 1. The van der Waals surface area contributed by atoms with Gasteiger partial charge in [-0.05, 0) is 73.1 Å². The number of piperidine rings is 1. The molecule has 3 aromatic rings. The number of nitrogens with one attached hydrogen (secondary N) is 1. The fraction of sp³-hybridized carbons (Fsp3) is 0.464. The average molecular weight is 464 g/mol. The van der Waals surface area contributed by atoms with E-state index in [1.165, 1.54) is 16.5 Å². The predicted molar refractivity (Wildman–Crippen MR) is 138 cm³/mol. The van der Waals surface area contributed by atoms with Gasteiger partial charge in [0.05, 0.1) is 19.9 Å². The smallest absolute Gasteiger partial charge is 0.224 e. The van der Waals surface area contributed by atoms with Crippen LogP contribution in [0, 0.1) is 0 Å². The molecule has 0 radical (unpaired) electrons. The fourth-order valence-corrected chi connectivity index (χ4v) is 5.17. The topological polar surface area (TPSA) is 80.6 Å². The lowest BCUT2D eigenvalue weighted by Gasteiger charge is -2.32. The zero-order valence-electron chi connectivity index (χ0n) is 21.0. The number of hydrogen-bond donors (Lipinski definition) is 2. The van der Waals surface area contributed by atoms with E-state index in [0.717, 1.165) is 54.2 Å². The molecule has 1 aliphatic rings. The number of H-pyrrole nitrogens is 1. The van der Waals surface area contributed by atoms with Crippen LogP contribution >= 0.6 is 0 Å². The Labute approximate surface area is 202 Å². The van der Waals surface area contributed by atoms with Crippen molar-refractivity contribution in [2.24, 2.45) is 5.73 Å². The first-order valence-electron chi connectivity index (χ1n) is 12.2. The molecule has 6 heteroatoms. The second-order valence-corrected chi connectivity index (χ2v) is 9.78. The Balaban J connectivity index is 1.64. The lowest BCUT2D eigenvalue weighted by Crippen LogP contribution is -2.40. The zero-order chi connectivity index (χ0) is 24.4. The number of nitrogens with zero attached hydrogens (tertiary/aromatic N) is 1. The molecular formula is C28H37N3O3. The van der Waals surface area contributed by atoms with Crippen LogP contribution in [0.3, 0.4) is 0 Å². The van der Waals surface area contributed by atoms with Gasteiger partial charge < -0.3 is 25.1 Å². The van der Waals surface area contributed by atoms with Crippen LogP contribution in [0.5, 0.6) is 11.5 Å². The molecule has 2 heterocycles. The third kappa shape index (κ3) is 4.78. The second kappa shape index (κ2) is 10.1. The lowest BCUT2D eigenvalue weighted by atomic mass is 9.87. The van der Waals surface area contributed by atoms with Crippen LogP contribution in [0.2, 0.25) is 0 Å². The number of carbonyl (C=O) groups excluding carboxylic acids is 1. The van der Waals surface area contributed by atoms with Gasteiger partial charge in [0, 0.05) is 42.0 Å². The molecule has 4 rings (SSSR count). The molecule has 1 aromatic heterocycles. The van der Waals surface area contributed by atoms with Crippen molar-refractivity contribution < 1.29 is 14.3 Å². The first-order chi connectivity index (χ1) is 16.3. The van der Waals surface area contributed by atoms with Gasteiger partial charge in [0.25, 0.3) is 0 Å². The Morgan fingerprint density at radius 2 is 1.76 bits per heavy atom. The molecule has 34 heavy (non-hydrogen) atoms. The number of hydrogen-bond acceptors (Lipinski definition) is 4. The van der Waals surface area contributed by atoms with Gasteiger partial charge in [-0.3, -0.25) is 4.79 Å². The maximum Gasteiger partial charge on any atom is 0.224 e. The van der Waals surface area contributed by atoms with Crippen molar-refractivity contribution in [1.29, 1.82) is 0 Å². The summed E-state index contributed by atoms with van der Waals surface area (Å²) in [7, 11) is 3.32. The number of benzene rings is 2. The summed E-state index contributed by atoms with van der Waals surface area (Å²) >= 11 is 0. The van der Waals surface area contributed by atoms with Crippen LogP contribution in [0.25, 0.3) is 22.2 Å². The maximum atomic E-state index is 12.4. The van der Waals surface area contributed by atoms with Crippen LogP contribution in [0.4, 0.5) is 0 Å². The molecule has 1 aliphatic heterocycles. The minimum atomic E-state index is -0.0875. The molecule has 0 unspecified atom stereocenters. The number of fused-ring (bicyclic) bond motifs is 1. The molecular weight excluding hydrogens is 426 g/mol. The molecule has 2 aromatic carbocycles. The first kappa shape index (κ1) is 24.1.